The molecule has 0 amide bonds. The lowest BCUT2D eigenvalue weighted by molar-refractivity contribution is 0.474. The van der Waals surface area contributed by atoms with Crippen LogP contribution in [0.2, 0.25) is 0 Å². The minimum Gasteiger partial charge on any atom is -0.507 e. The molecule has 1 unspecified atom stereocenters. The number of hydrogen-bond acceptors (Lipinski definition) is 2. The summed E-state index contributed by atoms with van der Waals surface area (Å²) in [5, 5.41) is 12.9. The van der Waals surface area contributed by atoms with Gasteiger partial charge in [0, 0.05) is 17.1 Å². The van der Waals surface area contributed by atoms with Gasteiger partial charge in [0.05, 0.1) is 5.69 Å². The molecule has 0 aliphatic heterocycles. The summed E-state index contributed by atoms with van der Waals surface area (Å²) >= 11 is 0. The first-order valence-corrected chi connectivity index (χ1v) is 10.5. The van der Waals surface area contributed by atoms with E-state index in [1.807, 2.05) is 43.5 Å². The third-order valence-electron chi connectivity index (χ3n) is 4.75. The van der Waals surface area contributed by atoms with Gasteiger partial charge in [-0.15, -0.1) is 0 Å². The summed E-state index contributed by atoms with van der Waals surface area (Å²) in [6.45, 7) is 10.7. The fourth-order valence-corrected chi connectivity index (χ4v) is 4.30. The number of aromatic hydroxyl groups is 1. The summed E-state index contributed by atoms with van der Waals surface area (Å²) in [4.78, 5) is 4.63. The molecular weight excluding hydrogens is 361 g/mol. The molecule has 3 rings (SSSR count). The van der Waals surface area contributed by atoms with Crippen LogP contribution in [-0.2, 0) is 5.41 Å². The number of hydrogen-bond donors (Lipinski definition) is 1. The summed E-state index contributed by atoms with van der Waals surface area (Å²) in [5.74, 6) is 0.401. The van der Waals surface area contributed by atoms with E-state index >= 15 is 0 Å². The topological polar surface area (TPSA) is 32.6 Å². The molecule has 0 bridgehead atoms. The maximum atomic E-state index is 10.7. The Hall–Kier alpha value is -2.44. The zero-order valence-electron chi connectivity index (χ0n) is 17.2. The van der Waals surface area contributed by atoms with Gasteiger partial charge in [-0.25, -0.2) is 0 Å². The largest absolute Gasteiger partial charge is 0.507 e. The molecule has 3 heteroatoms. The van der Waals surface area contributed by atoms with Crippen molar-refractivity contribution in [1.82, 2.24) is 0 Å². The average Bonchev–Trinajstić information content (AvgIpc) is 2.65. The van der Waals surface area contributed by atoms with Crippen LogP contribution in [0.25, 0.3) is 0 Å². The maximum Gasteiger partial charge on any atom is 0.126 e. The zero-order valence-corrected chi connectivity index (χ0v) is 18.2. The Morgan fingerprint density at radius 3 is 2.29 bits per heavy atom. The Morgan fingerprint density at radius 1 is 0.893 bits per heavy atom. The molecule has 0 aliphatic rings. The van der Waals surface area contributed by atoms with Crippen LogP contribution in [-0.4, -0.2) is 11.3 Å². The quantitative estimate of drug-likeness (QED) is 0.451. The molecule has 3 aromatic rings. The van der Waals surface area contributed by atoms with Crippen molar-refractivity contribution in [3.63, 3.8) is 0 Å². The van der Waals surface area contributed by atoms with E-state index in [0.29, 0.717) is 14.3 Å². The fraction of sp³-hybridized carbons (Fsp3) is 0.240. The molecule has 0 radical (unpaired) electrons. The molecule has 0 spiro atoms. The molecule has 0 aromatic heterocycles. The second kappa shape index (κ2) is 8.29. The SMILES string of the molecule is Cc1ccc(Pc2cc(C(C)(C)C)cc(C)c2O)c(/C=N/c2ccccc2)c1. The van der Waals surface area contributed by atoms with Crippen molar-refractivity contribution in [2.24, 2.45) is 4.99 Å². The first-order valence-electron chi connectivity index (χ1n) is 9.55. The van der Waals surface area contributed by atoms with Gasteiger partial charge in [-0.3, -0.25) is 4.99 Å². The fourth-order valence-electron chi connectivity index (χ4n) is 3.01. The van der Waals surface area contributed by atoms with Crippen molar-refractivity contribution < 1.29 is 5.11 Å². The predicted octanol–water partition coefficient (Wildman–Crippen LogP) is 5.69. The lowest BCUT2D eigenvalue weighted by Gasteiger charge is -2.22. The third-order valence-corrected chi connectivity index (χ3v) is 6.13. The Kier molecular flexibility index (Phi) is 6.01. The standard InChI is InChI=1S/C25H28NOP/c1-17-11-12-22(19(13-17)16-26-21-9-7-6-8-10-21)28-23-15-20(25(3,4)5)14-18(2)24(23)27/h6-16,27-28H,1-5H3/b26-16+. The molecule has 0 saturated carbocycles. The van der Waals surface area contributed by atoms with E-state index < -0.39 is 0 Å². The van der Waals surface area contributed by atoms with E-state index in [4.69, 9.17) is 0 Å². The van der Waals surface area contributed by atoms with Crippen molar-refractivity contribution in [3.05, 3.63) is 82.9 Å². The van der Waals surface area contributed by atoms with Gasteiger partial charge in [0.2, 0.25) is 0 Å². The van der Waals surface area contributed by atoms with Crippen molar-refractivity contribution in [2.75, 3.05) is 0 Å². The van der Waals surface area contributed by atoms with Crippen LogP contribution in [0.1, 0.15) is 43.0 Å². The first kappa shape index (κ1) is 20.3. The summed E-state index contributed by atoms with van der Waals surface area (Å²) in [7, 11) is 0.369. The van der Waals surface area contributed by atoms with Gasteiger partial charge in [-0.1, -0.05) is 71.3 Å². The molecule has 2 nitrogen and oxygen atoms in total. The molecule has 144 valence electrons. The van der Waals surface area contributed by atoms with Gasteiger partial charge in [-0.2, -0.15) is 0 Å². The van der Waals surface area contributed by atoms with Gasteiger partial charge in [-0.05, 0) is 60.0 Å². The van der Waals surface area contributed by atoms with E-state index in [0.717, 1.165) is 22.1 Å². The molecule has 0 heterocycles. The summed E-state index contributed by atoms with van der Waals surface area (Å²) < 4.78 is 0. The highest BCUT2D eigenvalue weighted by molar-refractivity contribution is 7.56. The highest BCUT2D eigenvalue weighted by atomic mass is 31.1. The molecule has 0 fully saturated rings. The average molecular weight is 389 g/mol. The van der Waals surface area contributed by atoms with Crippen molar-refractivity contribution >= 4 is 31.1 Å². The Balaban J connectivity index is 1.99. The number of aliphatic imine (C=N–C) groups is 1. The number of benzene rings is 3. The second-order valence-corrected chi connectivity index (χ2v) is 9.58. The van der Waals surface area contributed by atoms with Crippen LogP contribution in [0.5, 0.6) is 5.75 Å². The van der Waals surface area contributed by atoms with Crippen LogP contribution in [0, 0.1) is 13.8 Å². The lowest BCUT2D eigenvalue weighted by atomic mass is 9.86. The normalized spacial score (nSPS) is 12.3. The Bertz CT molecular complexity index is 1000. The molecule has 0 aliphatic carbocycles. The molecule has 28 heavy (non-hydrogen) atoms. The van der Waals surface area contributed by atoms with Gasteiger partial charge in [0.25, 0.3) is 0 Å². The number of para-hydroxylation sites is 1. The van der Waals surface area contributed by atoms with E-state index in [-0.39, 0.29) is 5.41 Å². The Morgan fingerprint density at radius 2 is 1.61 bits per heavy atom. The minimum atomic E-state index is 0.0442. The van der Waals surface area contributed by atoms with Crippen molar-refractivity contribution in [3.8, 4) is 5.75 Å². The van der Waals surface area contributed by atoms with Crippen LogP contribution >= 0.6 is 8.58 Å². The van der Waals surface area contributed by atoms with Gasteiger partial charge in [0.1, 0.15) is 5.75 Å². The molecule has 3 aromatic carbocycles. The van der Waals surface area contributed by atoms with E-state index in [2.05, 4.69) is 63.0 Å². The second-order valence-electron chi connectivity index (χ2n) is 8.25. The Labute approximate surface area is 170 Å². The van der Waals surface area contributed by atoms with Gasteiger partial charge >= 0.3 is 0 Å². The minimum absolute atomic E-state index is 0.0442. The lowest BCUT2D eigenvalue weighted by Crippen LogP contribution is -2.16. The number of phenolic OH excluding ortho intramolecular Hbond substituents is 1. The number of phenols is 1. The molecule has 0 saturated heterocycles. The zero-order chi connectivity index (χ0) is 20.3. The van der Waals surface area contributed by atoms with Crippen LogP contribution in [0.3, 0.4) is 0 Å². The van der Waals surface area contributed by atoms with Crippen LogP contribution in [0.4, 0.5) is 5.69 Å². The monoisotopic (exact) mass is 389 g/mol. The highest BCUT2D eigenvalue weighted by Gasteiger charge is 2.18. The van der Waals surface area contributed by atoms with E-state index in [1.165, 1.54) is 16.4 Å². The van der Waals surface area contributed by atoms with E-state index in [9.17, 15) is 5.11 Å². The third kappa shape index (κ3) is 4.88. The molecular formula is C25H28NOP. The summed E-state index contributed by atoms with van der Waals surface area (Å²) in [5.41, 5.74) is 5.46. The number of aryl methyl sites for hydroxylation is 2. The van der Waals surface area contributed by atoms with Gasteiger partial charge in [0.15, 0.2) is 0 Å². The number of rotatable bonds is 4. The molecule has 1 atom stereocenters. The van der Waals surface area contributed by atoms with Crippen LogP contribution in [0.15, 0.2) is 65.7 Å². The highest BCUT2D eigenvalue weighted by Crippen LogP contribution is 2.30. The van der Waals surface area contributed by atoms with Crippen LogP contribution < -0.4 is 10.6 Å². The summed E-state index contributed by atoms with van der Waals surface area (Å²) in [6.07, 6.45) is 1.93. The van der Waals surface area contributed by atoms with Crippen molar-refractivity contribution in [2.45, 2.75) is 40.0 Å². The predicted molar refractivity (Wildman–Crippen MR) is 124 cm³/mol. The van der Waals surface area contributed by atoms with Gasteiger partial charge < -0.3 is 5.11 Å². The van der Waals surface area contributed by atoms with E-state index in [1.54, 1.807) is 0 Å². The first-order chi connectivity index (χ1) is 13.2. The summed E-state index contributed by atoms with van der Waals surface area (Å²) in [6, 6.07) is 20.6. The number of nitrogens with zero attached hydrogens (tertiary/aromatic N) is 1. The molecule has 1 N–H and O–H groups in total. The van der Waals surface area contributed by atoms with Crippen molar-refractivity contribution in [1.29, 1.82) is 0 Å². The smallest absolute Gasteiger partial charge is 0.126 e. The maximum absolute atomic E-state index is 10.7.